The number of rotatable bonds is 10. The Morgan fingerprint density at radius 1 is 1.24 bits per heavy atom. The second-order valence-corrected chi connectivity index (χ2v) is 8.15. The Morgan fingerprint density at radius 3 is 2.52 bits per heavy atom. The fourth-order valence-electron chi connectivity index (χ4n) is 2.99. The van der Waals surface area contributed by atoms with Gasteiger partial charge in [0.25, 0.3) is 17.7 Å². The van der Waals surface area contributed by atoms with Gasteiger partial charge in [0, 0.05) is 45.2 Å². The Balaban J connectivity index is 1.85. The number of piperidine rings is 1. The number of amides is 4. The van der Waals surface area contributed by atoms with Crippen LogP contribution in [0.1, 0.15) is 23.3 Å². The summed E-state index contributed by atoms with van der Waals surface area (Å²) in [4.78, 5) is 55.3. The van der Waals surface area contributed by atoms with Crippen LogP contribution in [-0.4, -0.2) is 85.2 Å². The average Bonchev–Trinajstić information content (AvgIpc) is 3.27. The van der Waals surface area contributed by atoms with E-state index < -0.39 is 23.8 Å². The maximum Gasteiger partial charge on any atom is 0.404 e. The number of hydrogen-bond donors (Lipinski definition) is 4. The number of thiazole rings is 1. The maximum absolute atomic E-state index is 12.5. The summed E-state index contributed by atoms with van der Waals surface area (Å²) in [6.07, 6.45) is 0.221. The van der Waals surface area contributed by atoms with E-state index in [2.05, 4.69) is 34.1 Å². The van der Waals surface area contributed by atoms with E-state index in [1.807, 2.05) is 4.90 Å². The van der Waals surface area contributed by atoms with Crippen LogP contribution >= 0.6 is 11.3 Å². The van der Waals surface area contributed by atoms with Gasteiger partial charge >= 0.3 is 6.09 Å². The Bertz CT molecular complexity index is 924. The number of carboxylic acid groups (broad SMARTS) is 1. The highest BCUT2D eigenvalue weighted by Crippen LogP contribution is 2.24. The third-order valence-electron chi connectivity index (χ3n) is 4.86. The summed E-state index contributed by atoms with van der Waals surface area (Å²) < 4.78 is 4.90. The van der Waals surface area contributed by atoms with Crippen molar-refractivity contribution in [2.45, 2.75) is 18.9 Å². The summed E-state index contributed by atoms with van der Waals surface area (Å²) in [6.45, 7) is 8.94. The van der Waals surface area contributed by atoms with Crippen LogP contribution in [0.4, 0.5) is 9.93 Å². The molecule has 0 saturated carbocycles. The molecule has 2 heterocycles. The van der Waals surface area contributed by atoms with Gasteiger partial charge in [0.1, 0.15) is 5.69 Å². The zero-order valence-corrected chi connectivity index (χ0v) is 19.4. The number of carbonyl (C=O) groups is 4. The number of ether oxygens (including phenoxy) is 1. The van der Waals surface area contributed by atoms with Crippen molar-refractivity contribution in [3.63, 3.8) is 0 Å². The quantitative estimate of drug-likeness (QED) is 0.350. The molecule has 1 aromatic heterocycles. The first kappa shape index (κ1) is 25.8. The lowest BCUT2D eigenvalue weighted by atomic mass is 10.1. The van der Waals surface area contributed by atoms with Crippen LogP contribution in [0.5, 0.6) is 0 Å². The molecule has 13 heteroatoms. The SMILES string of the molecule is C=C(NC(=O)c1csc(N2CCC(NC(=O)O)CC2)n1)C(=O)NC(=C)C(=O)N(C)CCOC. The number of anilines is 1. The van der Waals surface area contributed by atoms with Crippen molar-refractivity contribution in [3.8, 4) is 0 Å². The fourth-order valence-corrected chi connectivity index (χ4v) is 3.85. The van der Waals surface area contributed by atoms with Crippen molar-refractivity contribution < 1.29 is 29.0 Å². The van der Waals surface area contributed by atoms with Crippen molar-refractivity contribution in [1.82, 2.24) is 25.8 Å². The number of likely N-dealkylation sites (N-methyl/N-ethyl adjacent to an activating group) is 1. The number of nitrogens with one attached hydrogen (secondary N) is 3. The van der Waals surface area contributed by atoms with Gasteiger partial charge < -0.3 is 35.6 Å². The van der Waals surface area contributed by atoms with Crippen molar-refractivity contribution in [2.75, 3.05) is 45.3 Å². The predicted octanol–water partition coefficient (Wildman–Crippen LogP) is 0.358. The summed E-state index contributed by atoms with van der Waals surface area (Å²) in [5, 5.41) is 18.2. The van der Waals surface area contributed by atoms with Crippen LogP contribution in [-0.2, 0) is 14.3 Å². The topological polar surface area (TPSA) is 153 Å². The van der Waals surface area contributed by atoms with E-state index >= 15 is 0 Å². The Morgan fingerprint density at radius 2 is 1.91 bits per heavy atom. The maximum atomic E-state index is 12.5. The number of aromatic nitrogens is 1. The third kappa shape index (κ3) is 7.57. The van der Waals surface area contributed by atoms with E-state index in [1.54, 1.807) is 12.4 Å². The zero-order chi connectivity index (χ0) is 24.5. The first-order valence-corrected chi connectivity index (χ1v) is 10.9. The highest BCUT2D eigenvalue weighted by atomic mass is 32.1. The van der Waals surface area contributed by atoms with Gasteiger partial charge in [0.15, 0.2) is 5.13 Å². The molecule has 0 aliphatic carbocycles. The molecule has 2 rings (SSSR count). The molecular weight excluding hydrogens is 452 g/mol. The highest BCUT2D eigenvalue weighted by Gasteiger charge is 2.24. The van der Waals surface area contributed by atoms with E-state index in [0.29, 0.717) is 44.2 Å². The monoisotopic (exact) mass is 480 g/mol. The molecule has 0 radical (unpaired) electrons. The van der Waals surface area contributed by atoms with Crippen LogP contribution in [0.2, 0.25) is 0 Å². The Hall–Kier alpha value is -3.45. The number of hydrogen-bond acceptors (Lipinski definition) is 8. The van der Waals surface area contributed by atoms with Crippen LogP contribution in [0.3, 0.4) is 0 Å². The fraction of sp³-hybridized carbons (Fsp3) is 0.450. The normalized spacial score (nSPS) is 13.7. The van der Waals surface area contributed by atoms with E-state index in [1.165, 1.54) is 23.3 Å². The summed E-state index contributed by atoms with van der Waals surface area (Å²) >= 11 is 1.27. The molecule has 33 heavy (non-hydrogen) atoms. The molecule has 12 nitrogen and oxygen atoms in total. The van der Waals surface area contributed by atoms with Crippen molar-refractivity contribution in [2.24, 2.45) is 0 Å². The van der Waals surface area contributed by atoms with Gasteiger partial charge in [-0.1, -0.05) is 13.2 Å². The molecule has 0 unspecified atom stereocenters. The molecular formula is C20H28N6O6S. The second kappa shape index (κ2) is 12.0. The van der Waals surface area contributed by atoms with E-state index in [0.717, 1.165) is 0 Å². The highest BCUT2D eigenvalue weighted by molar-refractivity contribution is 7.13. The number of methoxy groups -OCH3 is 1. The molecule has 0 bridgehead atoms. The van der Waals surface area contributed by atoms with Crippen LogP contribution in [0.25, 0.3) is 0 Å². The summed E-state index contributed by atoms with van der Waals surface area (Å²) in [6, 6.07) is -0.107. The molecule has 1 aliphatic heterocycles. The Kier molecular flexibility index (Phi) is 9.36. The molecule has 4 amide bonds. The molecule has 0 aromatic carbocycles. The van der Waals surface area contributed by atoms with Gasteiger partial charge in [-0.15, -0.1) is 11.3 Å². The molecule has 0 atom stereocenters. The zero-order valence-electron chi connectivity index (χ0n) is 18.5. The van der Waals surface area contributed by atoms with Gasteiger partial charge in [-0.3, -0.25) is 14.4 Å². The minimum Gasteiger partial charge on any atom is -0.465 e. The molecule has 1 aliphatic rings. The number of carbonyl (C=O) groups excluding carboxylic acids is 3. The third-order valence-corrected chi connectivity index (χ3v) is 5.76. The van der Waals surface area contributed by atoms with E-state index in [-0.39, 0.29) is 23.1 Å². The number of nitrogens with zero attached hydrogens (tertiary/aromatic N) is 3. The summed E-state index contributed by atoms with van der Waals surface area (Å²) in [5.41, 5.74) is -0.307. The van der Waals surface area contributed by atoms with Gasteiger partial charge in [-0.2, -0.15) is 0 Å². The summed E-state index contributed by atoms with van der Waals surface area (Å²) in [5.74, 6) is -1.88. The van der Waals surface area contributed by atoms with Crippen LogP contribution < -0.4 is 20.9 Å². The largest absolute Gasteiger partial charge is 0.465 e. The molecule has 1 aromatic rings. The minimum atomic E-state index is -1.04. The molecule has 0 spiro atoms. The molecule has 1 saturated heterocycles. The first-order chi connectivity index (χ1) is 15.6. The Labute approximate surface area is 195 Å². The van der Waals surface area contributed by atoms with E-state index in [9.17, 15) is 19.2 Å². The van der Waals surface area contributed by atoms with Gasteiger partial charge in [0.05, 0.1) is 18.0 Å². The van der Waals surface area contributed by atoms with Crippen molar-refractivity contribution in [1.29, 1.82) is 0 Å². The molecule has 4 N–H and O–H groups in total. The van der Waals surface area contributed by atoms with Gasteiger partial charge in [0.2, 0.25) is 0 Å². The standard InChI is InChI=1S/C20H28N6O6S/c1-12(16(27)22-13(2)18(29)25(3)9-10-32-4)21-17(28)15-11-33-19(24-15)26-7-5-14(6-8-26)23-20(30)31/h11,14,23H,1-2,5-10H2,3-4H3,(H,21,28)(H,22,27)(H,30,31). The van der Waals surface area contributed by atoms with Crippen molar-refractivity contribution >= 4 is 40.3 Å². The molecule has 1 fully saturated rings. The lowest BCUT2D eigenvalue weighted by molar-refractivity contribution is -0.128. The first-order valence-electron chi connectivity index (χ1n) is 10.1. The summed E-state index contributed by atoms with van der Waals surface area (Å²) in [7, 11) is 3.05. The predicted molar refractivity (Wildman–Crippen MR) is 122 cm³/mol. The second-order valence-electron chi connectivity index (χ2n) is 7.31. The lowest BCUT2D eigenvalue weighted by Gasteiger charge is -2.31. The molecule has 180 valence electrons. The van der Waals surface area contributed by atoms with Gasteiger partial charge in [-0.05, 0) is 12.8 Å². The van der Waals surface area contributed by atoms with Gasteiger partial charge in [-0.25, -0.2) is 9.78 Å². The van der Waals surface area contributed by atoms with Crippen LogP contribution in [0.15, 0.2) is 29.9 Å². The van der Waals surface area contributed by atoms with Crippen LogP contribution in [0, 0.1) is 0 Å². The average molecular weight is 481 g/mol. The minimum absolute atomic E-state index is 0.107. The smallest absolute Gasteiger partial charge is 0.404 e. The lowest BCUT2D eigenvalue weighted by Crippen LogP contribution is -2.44. The van der Waals surface area contributed by atoms with Crippen molar-refractivity contribution in [3.05, 3.63) is 35.6 Å². The van der Waals surface area contributed by atoms with E-state index in [4.69, 9.17) is 9.84 Å².